The van der Waals surface area contributed by atoms with E-state index >= 15 is 0 Å². The van der Waals surface area contributed by atoms with Crippen LogP contribution in [0.5, 0.6) is 0 Å². The van der Waals surface area contributed by atoms with Crippen LogP contribution in [0, 0.1) is 24.7 Å². The molecule has 1 atom stereocenters. The van der Waals surface area contributed by atoms with Crippen molar-refractivity contribution in [1.82, 2.24) is 5.32 Å². The molecule has 0 spiro atoms. The van der Waals surface area contributed by atoms with Gasteiger partial charge in [0.1, 0.15) is 6.04 Å². The van der Waals surface area contributed by atoms with Crippen molar-refractivity contribution in [3.8, 4) is 11.8 Å². The fraction of sp³-hybridized carbons (Fsp3) is 0.400. The average Bonchev–Trinajstić information content (AvgIpc) is 3.20. The van der Waals surface area contributed by atoms with Gasteiger partial charge >= 0.3 is 6.03 Å². The Morgan fingerprint density at radius 3 is 2.84 bits per heavy atom. The van der Waals surface area contributed by atoms with E-state index in [1.165, 1.54) is 12.8 Å². The van der Waals surface area contributed by atoms with Crippen molar-refractivity contribution in [2.75, 3.05) is 5.32 Å². The van der Waals surface area contributed by atoms with E-state index in [9.17, 15) is 4.79 Å². The maximum Gasteiger partial charge on any atom is 0.320 e. The number of urea groups is 1. The Kier molecular flexibility index (Phi) is 3.12. The second-order valence-corrected chi connectivity index (χ2v) is 5.36. The molecule has 0 bridgehead atoms. The number of benzene rings is 1. The van der Waals surface area contributed by atoms with Crippen LogP contribution in [-0.4, -0.2) is 6.03 Å². The predicted octanol–water partition coefficient (Wildman–Crippen LogP) is 3.32. The monoisotopic (exact) mass is 274 g/mol. The largest absolute Gasteiger partial charge is 0.320 e. The number of hydrogen-bond donors (Lipinski definition) is 2. The Bertz CT molecular complexity index is 596. The van der Waals surface area contributed by atoms with E-state index in [4.69, 9.17) is 11.6 Å². The third-order valence-corrected chi connectivity index (χ3v) is 3.78. The van der Waals surface area contributed by atoms with Crippen molar-refractivity contribution in [1.29, 1.82) is 0 Å². The highest BCUT2D eigenvalue weighted by Gasteiger charge is 2.24. The summed E-state index contributed by atoms with van der Waals surface area (Å²) in [6, 6.07) is 3.59. The minimum Gasteiger partial charge on any atom is -0.320 e. The van der Waals surface area contributed by atoms with E-state index in [1.807, 2.05) is 13.0 Å². The summed E-state index contributed by atoms with van der Waals surface area (Å²) in [6.07, 6.45) is 2.37. The molecule has 1 aromatic rings. The van der Waals surface area contributed by atoms with Gasteiger partial charge in [-0.25, -0.2) is 4.79 Å². The summed E-state index contributed by atoms with van der Waals surface area (Å²) in [5.74, 6) is 7.37. The molecular weight excluding hydrogens is 260 g/mol. The molecule has 2 aliphatic rings. The van der Waals surface area contributed by atoms with E-state index in [0.717, 1.165) is 22.4 Å². The summed E-state index contributed by atoms with van der Waals surface area (Å²) in [6.45, 7) is 2.03. The van der Waals surface area contributed by atoms with E-state index in [2.05, 4.69) is 28.5 Å². The molecule has 3 rings (SSSR count). The summed E-state index contributed by atoms with van der Waals surface area (Å²) in [5, 5.41) is 5.68. The van der Waals surface area contributed by atoms with Gasteiger partial charge in [0.25, 0.3) is 0 Å². The minimum absolute atomic E-state index is 0.202. The highest BCUT2D eigenvalue weighted by Crippen LogP contribution is 2.32. The van der Waals surface area contributed by atoms with Crippen LogP contribution in [-0.2, 0) is 5.88 Å². The highest BCUT2D eigenvalue weighted by atomic mass is 35.5. The van der Waals surface area contributed by atoms with Crippen molar-refractivity contribution in [3.63, 3.8) is 0 Å². The van der Waals surface area contributed by atoms with Gasteiger partial charge in [0.2, 0.25) is 0 Å². The van der Waals surface area contributed by atoms with Gasteiger partial charge in [-0.3, -0.25) is 0 Å². The average molecular weight is 275 g/mol. The number of fused-ring (bicyclic) bond motifs is 1. The first-order valence-electron chi connectivity index (χ1n) is 6.45. The smallest absolute Gasteiger partial charge is 0.320 e. The lowest BCUT2D eigenvalue weighted by molar-refractivity contribution is 0.249. The molecule has 19 heavy (non-hydrogen) atoms. The number of amides is 2. The van der Waals surface area contributed by atoms with Gasteiger partial charge in [-0.05, 0) is 37.0 Å². The second-order valence-electron chi connectivity index (χ2n) is 5.09. The van der Waals surface area contributed by atoms with Crippen LogP contribution < -0.4 is 10.6 Å². The lowest BCUT2D eigenvalue weighted by Crippen LogP contribution is -2.37. The number of rotatable bonds is 1. The number of hydrogen-bond acceptors (Lipinski definition) is 1. The fourth-order valence-corrected chi connectivity index (χ4v) is 2.46. The zero-order chi connectivity index (χ0) is 13.4. The Labute approximate surface area is 117 Å². The van der Waals surface area contributed by atoms with E-state index in [-0.39, 0.29) is 12.1 Å². The van der Waals surface area contributed by atoms with Crippen LogP contribution in [0.15, 0.2) is 12.1 Å². The first-order valence-corrected chi connectivity index (χ1v) is 6.99. The van der Waals surface area contributed by atoms with Crippen LogP contribution in [0.1, 0.15) is 35.6 Å². The third-order valence-electron chi connectivity index (χ3n) is 3.50. The molecule has 1 heterocycles. The van der Waals surface area contributed by atoms with Crippen molar-refractivity contribution in [3.05, 3.63) is 28.8 Å². The van der Waals surface area contributed by atoms with E-state index < -0.39 is 0 Å². The highest BCUT2D eigenvalue weighted by molar-refractivity contribution is 6.17. The number of carbonyl (C=O) groups is 1. The SMILES string of the molecule is Cc1cc2c(cc1CCl)NC(=O)NC2C#CC1CC1. The Morgan fingerprint density at radius 2 is 2.16 bits per heavy atom. The minimum atomic E-state index is -0.215. The summed E-state index contributed by atoms with van der Waals surface area (Å²) in [5.41, 5.74) is 4.01. The van der Waals surface area contributed by atoms with Gasteiger partial charge in [0.15, 0.2) is 0 Å². The van der Waals surface area contributed by atoms with Crippen LogP contribution >= 0.6 is 11.6 Å². The summed E-state index contributed by atoms with van der Waals surface area (Å²) in [4.78, 5) is 11.7. The van der Waals surface area contributed by atoms with Gasteiger partial charge in [0.05, 0.1) is 0 Å². The van der Waals surface area contributed by atoms with Gasteiger partial charge < -0.3 is 10.6 Å². The first-order chi connectivity index (χ1) is 9.17. The van der Waals surface area contributed by atoms with Crippen LogP contribution in [0.25, 0.3) is 0 Å². The fourth-order valence-electron chi connectivity index (χ4n) is 2.18. The molecule has 1 aliphatic heterocycles. The van der Waals surface area contributed by atoms with Crippen LogP contribution in [0.2, 0.25) is 0 Å². The maximum atomic E-state index is 11.7. The maximum absolute atomic E-state index is 11.7. The number of nitrogens with one attached hydrogen (secondary N) is 2. The molecule has 1 aliphatic carbocycles. The Morgan fingerprint density at radius 1 is 1.37 bits per heavy atom. The third kappa shape index (κ3) is 2.54. The van der Waals surface area contributed by atoms with E-state index in [1.54, 1.807) is 0 Å². The van der Waals surface area contributed by atoms with E-state index in [0.29, 0.717) is 11.8 Å². The number of halogens is 1. The topological polar surface area (TPSA) is 41.1 Å². The molecule has 0 radical (unpaired) electrons. The summed E-state index contributed by atoms with van der Waals surface area (Å²) in [7, 11) is 0. The summed E-state index contributed by atoms with van der Waals surface area (Å²) < 4.78 is 0. The molecule has 3 nitrogen and oxygen atoms in total. The predicted molar refractivity (Wildman–Crippen MR) is 76.1 cm³/mol. The first kappa shape index (κ1) is 12.4. The van der Waals surface area contributed by atoms with Crippen molar-refractivity contribution in [2.24, 2.45) is 5.92 Å². The molecule has 1 saturated carbocycles. The molecule has 98 valence electrons. The van der Waals surface area contributed by atoms with Gasteiger partial charge in [-0.1, -0.05) is 17.9 Å². The molecule has 4 heteroatoms. The zero-order valence-electron chi connectivity index (χ0n) is 10.7. The number of alkyl halides is 1. The summed E-state index contributed by atoms with van der Waals surface area (Å²) >= 11 is 5.90. The molecule has 2 amide bonds. The molecule has 0 aromatic heterocycles. The van der Waals surface area contributed by atoms with Gasteiger partial charge in [0, 0.05) is 23.0 Å². The quantitative estimate of drug-likeness (QED) is 0.599. The zero-order valence-corrected chi connectivity index (χ0v) is 11.5. The normalized spacial score (nSPS) is 20.7. The Hall–Kier alpha value is -1.66. The van der Waals surface area contributed by atoms with Gasteiger partial charge in [-0.2, -0.15) is 0 Å². The van der Waals surface area contributed by atoms with Crippen molar-refractivity contribution >= 4 is 23.3 Å². The lowest BCUT2D eigenvalue weighted by Gasteiger charge is -2.25. The molecular formula is C15H15ClN2O. The van der Waals surface area contributed by atoms with Crippen LogP contribution in [0.3, 0.4) is 0 Å². The second kappa shape index (κ2) is 4.79. The number of carbonyl (C=O) groups excluding carboxylic acids is 1. The van der Waals surface area contributed by atoms with Crippen molar-refractivity contribution < 1.29 is 4.79 Å². The van der Waals surface area contributed by atoms with Crippen LogP contribution in [0.4, 0.5) is 10.5 Å². The molecule has 1 aromatic carbocycles. The molecule has 1 unspecified atom stereocenters. The molecule has 1 fully saturated rings. The Balaban J connectivity index is 2.00. The number of aryl methyl sites for hydroxylation is 1. The number of anilines is 1. The van der Waals surface area contributed by atoms with Gasteiger partial charge in [-0.15, -0.1) is 11.6 Å². The van der Waals surface area contributed by atoms with Crippen molar-refractivity contribution in [2.45, 2.75) is 31.7 Å². The molecule has 0 saturated heterocycles. The standard InChI is InChI=1S/C15H15ClN2O/c1-9-6-12-13(5-4-10-2-3-10)17-15(19)18-14(12)7-11(9)8-16/h6-7,10,13H,2-3,8H2,1H3,(H2,17,18,19). The molecule has 2 N–H and O–H groups in total. The lowest BCUT2D eigenvalue weighted by atomic mass is 9.97.